The Balaban J connectivity index is 1.08. The monoisotopic (exact) mass is 532 g/mol. The molecule has 1 aromatic rings. The van der Waals surface area contributed by atoms with Crippen LogP contribution in [0.2, 0.25) is 0 Å². The third kappa shape index (κ3) is 4.80. The number of piperidine rings is 2. The minimum atomic E-state index is -2.56. The zero-order valence-corrected chi connectivity index (χ0v) is 22.3. The lowest BCUT2D eigenvalue weighted by molar-refractivity contribution is -0.150. The minimum absolute atomic E-state index is 0.0998. The molecule has 0 unspecified atom stereocenters. The molecule has 0 radical (unpaired) electrons. The van der Waals surface area contributed by atoms with Gasteiger partial charge in [-0.3, -0.25) is 9.69 Å². The van der Waals surface area contributed by atoms with Crippen LogP contribution >= 0.6 is 0 Å². The summed E-state index contributed by atoms with van der Waals surface area (Å²) < 4.78 is 33.3. The normalized spacial score (nSPS) is 26.1. The quantitative estimate of drug-likeness (QED) is 0.586. The number of methoxy groups -OCH3 is 1. The molecule has 3 saturated heterocycles. The number of anilines is 1. The Bertz CT molecular complexity index is 1110. The lowest BCUT2D eigenvalue weighted by Crippen LogP contribution is -2.61. The fourth-order valence-electron chi connectivity index (χ4n) is 6.45. The molecule has 8 nitrogen and oxygen atoms in total. The number of ether oxygens (including phenoxy) is 1. The number of hydrogen-bond donors (Lipinski definition) is 1. The van der Waals surface area contributed by atoms with E-state index in [9.17, 15) is 18.7 Å². The Morgan fingerprint density at radius 2 is 1.76 bits per heavy atom. The molecule has 0 aromatic heterocycles. The fraction of sp³-hybridized carbons (Fsp3) is 0.714. The van der Waals surface area contributed by atoms with Gasteiger partial charge in [0, 0.05) is 76.0 Å². The van der Waals surface area contributed by atoms with Crippen LogP contribution in [0.25, 0.3) is 0 Å². The first-order valence-electron chi connectivity index (χ1n) is 13.9. The van der Waals surface area contributed by atoms with Gasteiger partial charge in [0.05, 0.1) is 18.9 Å². The molecular weight excluding hydrogens is 494 g/mol. The van der Waals surface area contributed by atoms with Crippen LogP contribution in [0.3, 0.4) is 0 Å². The van der Waals surface area contributed by atoms with Crippen molar-refractivity contribution in [1.82, 2.24) is 9.80 Å². The van der Waals surface area contributed by atoms with Gasteiger partial charge in [-0.2, -0.15) is 0 Å². The number of alkyl halides is 2. The Kier molecular flexibility index (Phi) is 6.24. The maximum absolute atomic E-state index is 13.8. The van der Waals surface area contributed by atoms with Crippen molar-refractivity contribution in [2.24, 2.45) is 10.6 Å². The van der Waals surface area contributed by atoms with Gasteiger partial charge < -0.3 is 24.5 Å². The second-order valence-electron chi connectivity index (χ2n) is 12.3. The molecule has 10 heteroatoms. The van der Waals surface area contributed by atoms with Crippen molar-refractivity contribution < 1.29 is 28.3 Å². The molecule has 4 aliphatic heterocycles. The first kappa shape index (κ1) is 25.6. The summed E-state index contributed by atoms with van der Waals surface area (Å²) in [6.07, 6.45) is 4.06. The van der Waals surface area contributed by atoms with E-state index in [0.29, 0.717) is 44.9 Å². The van der Waals surface area contributed by atoms with Gasteiger partial charge in [0.1, 0.15) is 11.6 Å². The Hall–Kier alpha value is -2.62. The summed E-state index contributed by atoms with van der Waals surface area (Å²) in [5.74, 6) is -1.05. The fourth-order valence-corrected chi connectivity index (χ4v) is 6.45. The van der Waals surface area contributed by atoms with Gasteiger partial charge in [-0.1, -0.05) is 5.16 Å². The van der Waals surface area contributed by atoms with Crippen molar-refractivity contribution in [2.45, 2.75) is 75.9 Å². The van der Waals surface area contributed by atoms with Crippen LogP contribution < -0.4 is 9.64 Å². The molecule has 6 rings (SSSR count). The molecule has 38 heavy (non-hydrogen) atoms. The van der Waals surface area contributed by atoms with Crippen molar-refractivity contribution in [3.63, 3.8) is 0 Å². The first-order chi connectivity index (χ1) is 18.1. The Labute approximate surface area is 222 Å². The third-order valence-electron chi connectivity index (χ3n) is 9.27. The number of carbonyl (C=O) groups is 1. The summed E-state index contributed by atoms with van der Waals surface area (Å²) in [6.45, 7) is 6.22. The zero-order valence-electron chi connectivity index (χ0n) is 22.3. The summed E-state index contributed by atoms with van der Waals surface area (Å²) >= 11 is 0. The molecule has 1 N–H and O–H groups in total. The summed E-state index contributed by atoms with van der Waals surface area (Å²) in [4.78, 5) is 24.1. The molecule has 1 aliphatic carbocycles. The largest absolute Gasteiger partial charge is 0.496 e. The van der Waals surface area contributed by atoms with Crippen LogP contribution in [0.15, 0.2) is 17.3 Å². The Morgan fingerprint density at radius 1 is 1.11 bits per heavy atom. The lowest BCUT2D eigenvalue weighted by atomic mass is 9.80. The number of carboxylic acid groups (broad SMARTS) is 1. The molecule has 4 fully saturated rings. The van der Waals surface area contributed by atoms with E-state index in [0.717, 1.165) is 61.7 Å². The number of benzene rings is 1. The van der Waals surface area contributed by atoms with E-state index >= 15 is 0 Å². The SMILES string of the molecule is COc1cc(N2CCC(F)(F)CC2)c(C2CC2)cc1CN1CC2(CC(N3CCC(C)(C(=O)O)CC3)=NO2)C1. The van der Waals surface area contributed by atoms with Crippen molar-refractivity contribution in [2.75, 3.05) is 51.3 Å². The second-order valence-corrected chi connectivity index (χ2v) is 12.3. The number of rotatable bonds is 6. The second kappa shape index (κ2) is 9.24. The van der Waals surface area contributed by atoms with Crippen molar-refractivity contribution >= 4 is 17.5 Å². The van der Waals surface area contributed by atoms with Crippen LogP contribution in [0, 0.1) is 5.41 Å². The van der Waals surface area contributed by atoms with Crippen LogP contribution in [0.1, 0.15) is 68.9 Å². The van der Waals surface area contributed by atoms with E-state index < -0.39 is 17.3 Å². The number of halogens is 2. The number of aliphatic carboxylic acids is 1. The molecule has 1 saturated carbocycles. The number of likely N-dealkylation sites (tertiary alicyclic amines) is 2. The number of oxime groups is 1. The van der Waals surface area contributed by atoms with Gasteiger partial charge >= 0.3 is 5.97 Å². The van der Waals surface area contributed by atoms with Crippen molar-refractivity contribution in [3.8, 4) is 5.75 Å². The zero-order chi connectivity index (χ0) is 26.7. The molecule has 0 amide bonds. The molecule has 0 atom stereocenters. The standard InChI is InChI=1S/C28H38F2N4O4/c1-26(25(35)36)5-9-34(10-6-26)24-15-27(38-31-24)17-32(18-27)16-20-13-21(19-3-4-19)22(14-23(20)37-2)33-11-7-28(29,30)8-12-33/h13-14,19H,3-12,15-18H2,1-2H3,(H,35,36). The topological polar surface area (TPSA) is 77.8 Å². The van der Waals surface area contributed by atoms with Gasteiger partial charge in [0.15, 0.2) is 5.60 Å². The number of carboxylic acids is 1. The van der Waals surface area contributed by atoms with Crippen molar-refractivity contribution in [1.29, 1.82) is 0 Å². The predicted octanol–water partition coefficient (Wildman–Crippen LogP) is 4.28. The highest BCUT2D eigenvalue weighted by Gasteiger charge is 2.51. The molecule has 1 aromatic carbocycles. The van der Waals surface area contributed by atoms with E-state index in [1.165, 1.54) is 5.56 Å². The molecule has 4 heterocycles. The summed E-state index contributed by atoms with van der Waals surface area (Å²) in [5, 5.41) is 13.9. The lowest BCUT2D eigenvalue weighted by Gasteiger charge is -2.46. The van der Waals surface area contributed by atoms with Gasteiger partial charge in [-0.05, 0) is 50.2 Å². The molecule has 208 valence electrons. The predicted molar refractivity (Wildman–Crippen MR) is 139 cm³/mol. The summed E-state index contributed by atoms with van der Waals surface area (Å²) in [6, 6.07) is 4.31. The van der Waals surface area contributed by atoms with Crippen molar-refractivity contribution in [3.05, 3.63) is 23.3 Å². The molecular formula is C28H38F2N4O4. The van der Waals surface area contributed by atoms with E-state index in [4.69, 9.17) is 9.57 Å². The third-order valence-corrected chi connectivity index (χ3v) is 9.27. The maximum Gasteiger partial charge on any atom is 0.309 e. The molecule has 5 aliphatic rings. The molecule has 0 bridgehead atoms. The minimum Gasteiger partial charge on any atom is -0.496 e. The van der Waals surface area contributed by atoms with E-state index in [2.05, 4.69) is 32.0 Å². The van der Waals surface area contributed by atoms with Gasteiger partial charge in [0.25, 0.3) is 5.92 Å². The van der Waals surface area contributed by atoms with Crippen LogP contribution in [0.4, 0.5) is 14.5 Å². The highest BCUT2D eigenvalue weighted by molar-refractivity contribution is 5.85. The van der Waals surface area contributed by atoms with Gasteiger partial charge in [0.2, 0.25) is 0 Å². The number of hydrogen-bond acceptors (Lipinski definition) is 7. The average molecular weight is 533 g/mol. The van der Waals surface area contributed by atoms with E-state index in [1.807, 2.05) is 6.92 Å². The number of nitrogens with zero attached hydrogens (tertiary/aromatic N) is 4. The first-order valence-corrected chi connectivity index (χ1v) is 13.9. The van der Waals surface area contributed by atoms with E-state index in [1.54, 1.807) is 7.11 Å². The van der Waals surface area contributed by atoms with Crippen LogP contribution in [0.5, 0.6) is 5.75 Å². The smallest absolute Gasteiger partial charge is 0.309 e. The Morgan fingerprint density at radius 3 is 2.37 bits per heavy atom. The van der Waals surface area contributed by atoms with Crippen LogP contribution in [-0.4, -0.2) is 84.6 Å². The highest BCUT2D eigenvalue weighted by Crippen LogP contribution is 2.48. The highest BCUT2D eigenvalue weighted by atomic mass is 19.3. The van der Waals surface area contributed by atoms with Gasteiger partial charge in [-0.25, -0.2) is 8.78 Å². The summed E-state index contributed by atoms with van der Waals surface area (Å²) in [5.41, 5.74) is 2.48. The average Bonchev–Trinajstić information content (AvgIpc) is 3.62. The van der Waals surface area contributed by atoms with Gasteiger partial charge in [-0.15, -0.1) is 0 Å². The molecule has 1 spiro atoms. The van der Waals surface area contributed by atoms with Crippen LogP contribution in [-0.2, 0) is 16.2 Å². The maximum atomic E-state index is 13.8. The number of amidine groups is 1. The summed E-state index contributed by atoms with van der Waals surface area (Å²) in [7, 11) is 1.68. The van der Waals surface area contributed by atoms with E-state index in [-0.39, 0.29) is 18.4 Å².